The van der Waals surface area contributed by atoms with Gasteiger partial charge < -0.3 is 15.8 Å². The lowest BCUT2D eigenvalue weighted by Gasteiger charge is -2.23. The Labute approximate surface area is 111 Å². The van der Waals surface area contributed by atoms with E-state index in [9.17, 15) is 4.79 Å². The SMILES string of the molecule is CC(N)CCCC(C)C(=O)NCC1CCCCO1. The Morgan fingerprint density at radius 1 is 1.39 bits per heavy atom. The fraction of sp³-hybridized carbons (Fsp3) is 0.929. The number of hydrogen-bond acceptors (Lipinski definition) is 3. The lowest BCUT2D eigenvalue weighted by molar-refractivity contribution is -0.125. The van der Waals surface area contributed by atoms with Gasteiger partial charge in [-0.15, -0.1) is 0 Å². The number of nitrogens with one attached hydrogen (secondary N) is 1. The van der Waals surface area contributed by atoms with Crippen LogP contribution in [0, 0.1) is 5.92 Å². The molecule has 0 aromatic rings. The molecule has 4 nitrogen and oxygen atoms in total. The second kappa shape index (κ2) is 8.48. The van der Waals surface area contributed by atoms with Crippen LogP contribution in [0.4, 0.5) is 0 Å². The van der Waals surface area contributed by atoms with Gasteiger partial charge in [-0.05, 0) is 39.0 Å². The van der Waals surface area contributed by atoms with Gasteiger partial charge in [-0.1, -0.05) is 13.3 Å². The van der Waals surface area contributed by atoms with Gasteiger partial charge in [-0.25, -0.2) is 0 Å². The third-order valence-corrected chi connectivity index (χ3v) is 3.52. The zero-order valence-electron chi connectivity index (χ0n) is 11.8. The van der Waals surface area contributed by atoms with Crippen LogP contribution in [-0.2, 0) is 9.53 Å². The summed E-state index contributed by atoms with van der Waals surface area (Å²) < 4.78 is 5.59. The van der Waals surface area contributed by atoms with Crippen LogP contribution in [0.2, 0.25) is 0 Å². The van der Waals surface area contributed by atoms with E-state index in [1.807, 2.05) is 13.8 Å². The molecule has 1 saturated heterocycles. The highest BCUT2D eigenvalue weighted by Gasteiger charge is 2.17. The van der Waals surface area contributed by atoms with E-state index in [2.05, 4.69) is 5.32 Å². The molecule has 18 heavy (non-hydrogen) atoms. The standard InChI is InChI=1S/C14H28N2O2/c1-11(6-5-7-12(2)15)14(17)16-10-13-8-3-4-9-18-13/h11-13H,3-10,15H2,1-2H3,(H,16,17). The van der Waals surface area contributed by atoms with Crippen molar-refractivity contribution < 1.29 is 9.53 Å². The van der Waals surface area contributed by atoms with E-state index < -0.39 is 0 Å². The first kappa shape index (κ1) is 15.4. The van der Waals surface area contributed by atoms with E-state index in [0.717, 1.165) is 38.7 Å². The van der Waals surface area contributed by atoms with Crippen molar-refractivity contribution in [2.45, 2.75) is 64.5 Å². The van der Waals surface area contributed by atoms with Gasteiger partial charge in [0.15, 0.2) is 0 Å². The van der Waals surface area contributed by atoms with Crippen LogP contribution in [0.25, 0.3) is 0 Å². The lowest BCUT2D eigenvalue weighted by Crippen LogP contribution is -2.38. The van der Waals surface area contributed by atoms with Crippen LogP contribution in [0.1, 0.15) is 52.4 Å². The highest BCUT2D eigenvalue weighted by atomic mass is 16.5. The number of nitrogens with two attached hydrogens (primary N) is 1. The van der Waals surface area contributed by atoms with E-state index in [-0.39, 0.29) is 24.0 Å². The lowest BCUT2D eigenvalue weighted by atomic mass is 10.0. The van der Waals surface area contributed by atoms with Gasteiger partial charge in [0.2, 0.25) is 5.91 Å². The van der Waals surface area contributed by atoms with Crippen molar-refractivity contribution in [3.8, 4) is 0 Å². The molecule has 0 aliphatic carbocycles. The normalized spacial score (nSPS) is 23.4. The average Bonchev–Trinajstić information content (AvgIpc) is 2.36. The molecule has 1 aliphatic rings. The smallest absolute Gasteiger partial charge is 0.222 e. The summed E-state index contributed by atoms with van der Waals surface area (Å²) in [5.74, 6) is 0.223. The highest BCUT2D eigenvalue weighted by Crippen LogP contribution is 2.13. The van der Waals surface area contributed by atoms with Crippen molar-refractivity contribution >= 4 is 5.91 Å². The van der Waals surface area contributed by atoms with Gasteiger partial charge in [-0.3, -0.25) is 4.79 Å². The number of hydrogen-bond donors (Lipinski definition) is 2. The molecule has 1 rings (SSSR count). The zero-order valence-corrected chi connectivity index (χ0v) is 11.8. The topological polar surface area (TPSA) is 64.4 Å². The van der Waals surface area contributed by atoms with Crippen molar-refractivity contribution in [3.63, 3.8) is 0 Å². The molecule has 0 radical (unpaired) electrons. The molecule has 1 amide bonds. The molecule has 0 bridgehead atoms. The Kier molecular flexibility index (Phi) is 7.28. The van der Waals surface area contributed by atoms with Gasteiger partial charge in [0, 0.05) is 25.1 Å². The molecule has 0 aromatic carbocycles. The van der Waals surface area contributed by atoms with Crippen LogP contribution >= 0.6 is 0 Å². The summed E-state index contributed by atoms with van der Waals surface area (Å²) in [5, 5.41) is 3.00. The number of ether oxygens (including phenoxy) is 1. The second-order valence-electron chi connectivity index (χ2n) is 5.54. The minimum atomic E-state index is 0.0762. The number of carbonyl (C=O) groups is 1. The molecule has 0 aromatic heterocycles. The maximum atomic E-state index is 11.9. The highest BCUT2D eigenvalue weighted by molar-refractivity contribution is 5.78. The summed E-state index contributed by atoms with van der Waals surface area (Å²) in [6.45, 7) is 5.49. The molecule has 1 heterocycles. The summed E-state index contributed by atoms with van der Waals surface area (Å²) in [7, 11) is 0. The number of rotatable bonds is 7. The number of amides is 1. The fourth-order valence-corrected chi connectivity index (χ4v) is 2.23. The average molecular weight is 256 g/mol. The molecule has 3 atom stereocenters. The predicted octanol–water partition coefficient (Wildman–Crippen LogP) is 1.83. The Morgan fingerprint density at radius 2 is 2.17 bits per heavy atom. The summed E-state index contributed by atoms with van der Waals surface area (Å²) in [6.07, 6.45) is 6.58. The van der Waals surface area contributed by atoms with Crippen LogP contribution < -0.4 is 11.1 Å². The van der Waals surface area contributed by atoms with E-state index in [1.165, 1.54) is 6.42 Å². The molecule has 106 valence electrons. The van der Waals surface area contributed by atoms with Gasteiger partial charge in [0.05, 0.1) is 6.10 Å². The number of carbonyl (C=O) groups excluding carboxylic acids is 1. The van der Waals surface area contributed by atoms with Crippen molar-refractivity contribution in [3.05, 3.63) is 0 Å². The molecule has 4 heteroatoms. The first-order valence-electron chi connectivity index (χ1n) is 7.24. The molecule has 0 spiro atoms. The predicted molar refractivity (Wildman–Crippen MR) is 73.3 cm³/mol. The van der Waals surface area contributed by atoms with E-state index in [0.29, 0.717) is 6.54 Å². The van der Waals surface area contributed by atoms with Gasteiger partial charge >= 0.3 is 0 Å². The molecule has 3 unspecified atom stereocenters. The third kappa shape index (κ3) is 6.36. The Morgan fingerprint density at radius 3 is 2.78 bits per heavy atom. The monoisotopic (exact) mass is 256 g/mol. The molecule has 0 saturated carbocycles. The summed E-state index contributed by atoms with van der Waals surface area (Å²) >= 11 is 0. The van der Waals surface area contributed by atoms with Gasteiger partial charge in [0.25, 0.3) is 0 Å². The van der Waals surface area contributed by atoms with Crippen LogP contribution in [0.5, 0.6) is 0 Å². The largest absolute Gasteiger partial charge is 0.376 e. The van der Waals surface area contributed by atoms with E-state index >= 15 is 0 Å². The zero-order chi connectivity index (χ0) is 13.4. The van der Waals surface area contributed by atoms with Crippen molar-refractivity contribution in [1.82, 2.24) is 5.32 Å². The fourth-order valence-electron chi connectivity index (χ4n) is 2.23. The Balaban J connectivity index is 2.10. The molecule has 3 N–H and O–H groups in total. The maximum absolute atomic E-state index is 11.9. The van der Waals surface area contributed by atoms with Gasteiger partial charge in [0.1, 0.15) is 0 Å². The summed E-state index contributed by atoms with van der Waals surface area (Å²) in [4.78, 5) is 11.9. The molecular weight excluding hydrogens is 228 g/mol. The van der Waals surface area contributed by atoms with Crippen LogP contribution in [-0.4, -0.2) is 31.2 Å². The quantitative estimate of drug-likeness (QED) is 0.730. The molecule has 1 fully saturated rings. The van der Waals surface area contributed by atoms with Crippen molar-refractivity contribution in [2.75, 3.05) is 13.2 Å². The van der Waals surface area contributed by atoms with Crippen LogP contribution in [0.15, 0.2) is 0 Å². The van der Waals surface area contributed by atoms with Gasteiger partial charge in [-0.2, -0.15) is 0 Å². The second-order valence-corrected chi connectivity index (χ2v) is 5.54. The summed E-state index contributed by atoms with van der Waals surface area (Å²) in [6, 6.07) is 0.232. The van der Waals surface area contributed by atoms with Crippen molar-refractivity contribution in [1.29, 1.82) is 0 Å². The Hall–Kier alpha value is -0.610. The molecular formula is C14H28N2O2. The third-order valence-electron chi connectivity index (χ3n) is 3.52. The van der Waals surface area contributed by atoms with Crippen molar-refractivity contribution in [2.24, 2.45) is 11.7 Å². The molecule has 1 aliphatic heterocycles. The maximum Gasteiger partial charge on any atom is 0.222 e. The minimum absolute atomic E-state index is 0.0762. The Bertz CT molecular complexity index is 238. The minimum Gasteiger partial charge on any atom is -0.376 e. The summed E-state index contributed by atoms with van der Waals surface area (Å²) in [5.41, 5.74) is 5.69. The van der Waals surface area contributed by atoms with Crippen LogP contribution in [0.3, 0.4) is 0 Å². The van der Waals surface area contributed by atoms with E-state index in [1.54, 1.807) is 0 Å². The first-order chi connectivity index (χ1) is 8.59. The van der Waals surface area contributed by atoms with E-state index in [4.69, 9.17) is 10.5 Å². The first-order valence-corrected chi connectivity index (χ1v) is 7.24.